The number of hydrogen-bond acceptors (Lipinski definition) is 1. The van der Waals surface area contributed by atoms with E-state index < -0.39 is 5.82 Å². The second-order valence-electron chi connectivity index (χ2n) is 4.90. The molecule has 2 nitrogen and oxygen atoms in total. The van der Waals surface area contributed by atoms with Gasteiger partial charge in [-0.25, -0.2) is 8.78 Å². The van der Waals surface area contributed by atoms with Crippen LogP contribution in [0, 0.1) is 11.6 Å². The van der Waals surface area contributed by atoms with Gasteiger partial charge in [0, 0.05) is 30.0 Å². The van der Waals surface area contributed by atoms with Crippen LogP contribution in [0.15, 0.2) is 36.5 Å². The van der Waals surface area contributed by atoms with Crippen molar-refractivity contribution in [3.05, 3.63) is 59.4 Å². The number of halogens is 2. The van der Waals surface area contributed by atoms with E-state index in [1.54, 1.807) is 0 Å². The molecule has 1 heterocycles. The predicted molar refractivity (Wildman–Crippen MR) is 71.9 cm³/mol. The van der Waals surface area contributed by atoms with Gasteiger partial charge >= 0.3 is 0 Å². The van der Waals surface area contributed by atoms with Gasteiger partial charge in [-0.05, 0) is 30.3 Å². The summed E-state index contributed by atoms with van der Waals surface area (Å²) >= 11 is 0. The van der Waals surface area contributed by atoms with Crippen LogP contribution in [0.4, 0.5) is 8.78 Å². The molecule has 0 fully saturated rings. The van der Waals surface area contributed by atoms with Crippen molar-refractivity contribution < 1.29 is 8.78 Å². The SMILES string of the molecule is CC(C)NCc1cccn1Cc1cc(F)ccc1F. The molecule has 0 aliphatic rings. The van der Waals surface area contributed by atoms with E-state index in [9.17, 15) is 8.78 Å². The molecule has 102 valence electrons. The van der Waals surface area contributed by atoms with E-state index >= 15 is 0 Å². The Labute approximate surface area is 112 Å². The van der Waals surface area contributed by atoms with E-state index in [1.165, 1.54) is 12.1 Å². The minimum atomic E-state index is -0.412. The Balaban J connectivity index is 2.15. The molecule has 0 bridgehead atoms. The Morgan fingerprint density at radius 2 is 2.00 bits per heavy atom. The number of aromatic nitrogens is 1. The lowest BCUT2D eigenvalue weighted by Crippen LogP contribution is -2.23. The average Bonchev–Trinajstić information content (AvgIpc) is 2.79. The van der Waals surface area contributed by atoms with E-state index in [0.29, 0.717) is 24.7 Å². The number of hydrogen-bond donors (Lipinski definition) is 1. The van der Waals surface area contributed by atoms with Crippen molar-refractivity contribution in [1.82, 2.24) is 9.88 Å². The second kappa shape index (κ2) is 5.97. The standard InChI is InChI=1S/C15H18F2N2/c1-11(2)18-9-14-4-3-7-19(14)10-12-8-13(16)5-6-15(12)17/h3-8,11,18H,9-10H2,1-2H3. The zero-order valence-corrected chi connectivity index (χ0v) is 11.2. The third-order valence-electron chi connectivity index (χ3n) is 2.96. The Kier molecular flexibility index (Phi) is 4.32. The zero-order valence-electron chi connectivity index (χ0n) is 11.2. The molecule has 0 aliphatic carbocycles. The van der Waals surface area contributed by atoms with Crippen LogP contribution in [-0.4, -0.2) is 10.6 Å². The van der Waals surface area contributed by atoms with E-state index in [-0.39, 0.29) is 5.82 Å². The highest BCUT2D eigenvalue weighted by Crippen LogP contribution is 2.13. The van der Waals surface area contributed by atoms with Crippen molar-refractivity contribution in [3.8, 4) is 0 Å². The molecule has 0 atom stereocenters. The van der Waals surface area contributed by atoms with Gasteiger partial charge < -0.3 is 9.88 Å². The molecule has 1 N–H and O–H groups in total. The Hall–Kier alpha value is -1.68. The van der Waals surface area contributed by atoms with Crippen LogP contribution >= 0.6 is 0 Å². The molecule has 1 aromatic heterocycles. The van der Waals surface area contributed by atoms with Crippen molar-refractivity contribution in [2.45, 2.75) is 33.0 Å². The smallest absolute Gasteiger partial charge is 0.128 e. The van der Waals surface area contributed by atoms with Gasteiger partial charge in [0.1, 0.15) is 11.6 Å². The van der Waals surface area contributed by atoms with Gasteiger partial charge in [0.15, 0.2) is 0 Å². The Morgan fingerprint density at radius 1 is 1.21 bits per heavy atom. The van der Waals surface area contributed by atoms with Gasteiger partial charge in [-0.15, -0.1) is 0 Å². The van der Waals surface area contributed by atoms with Gasteiger partial charge in [-0.3, -0.25) is 0 Å². The first-order valence-electron chi connectivity index (χ1n) is 6.37. The van der Waals surface area contributed by atoms with Crippen LogP contribution in [0.2, 0.25) is 0 Å². The van der Waals surface area contributed by atoms with Crippen molar-refractivity contribution in [2.75, 3.05) is 0 Å². The first kappa shape index (κ1) is 13.7. The highest BCUT2D eigenvalue weighted by molar-refractivity contribution is 5.20. The molecule has 2 rings (SSSR count). The normalized spacial score (nSPS) is 11.2. The van der Waals surface area contributed by atoms with Gasteiger partial charge in [-0.2, -0.15) is 0 Å². The maximum absolute atomic E-state index is 13.6. The van der Waals surface area contributed by atoms with Crippen LogP contribution in [0.25, 0.3) is 0 Å². The van der Waals surface area contributed by atoms with Crippen molar-refractivity contribution in [1.29, 1.82) is 0 Å². The summed E-state index contributed by atoms with van der Waals surface area (Å²) < 4.78 is 28.7. The second-order valence-corrected chi connectivity index (χ2v) is 4.90. The number of nitrogens with zero attached hydrogens (tertiary/aromatic N) is 1. The topological polar surface area (TPSA) is 17.0 Å². The lowest BCUT2D eigenvalue weighted by atomic mass is 10.2. The maximum Gasteiger partial charge on any atom is 0.128 e. The molecule has 0 radical (unpaired) electrons. The first-order chi connectivity index (χ1) is 9.06. The number of nitrogens with one attached hydrogen (secondary N) is 1. The molecular formula is C15H18F2N2. The fraction of sp³-hybridized carbons (Fsp3) is 0.333. The van der Waals surface area contributed by atoms with Crippen molar-refractivity contribution in [2.24, 2.45) is 0 Å². The molecule has 1 aromatic carbocycles. The molecule has 19 heavy (non-hydrogen) atoms. The third-order valence-corrected chi connectivity index (χ3v) is 2.96. The van der Waals surface area contributed by atoms with Gasteiger partial charge in [0.2, 0.25) is 0 Å². The number of rotatable bonds is 5. The zero-order chi connectivity index (χ0) is 13.8. The fourth-order valence-corrected chi connectivity index (χ4v) is 1.92. The minimum absolute atomic E-state index is 0.339. The van der Waals surface area contributed by atoms with E-state index in [4.69, 9.17) is 0 Å². The van der Waals surface area contributed by atoms with Crippen LogP contribution in [0.1, 0.15) is 25.1 Å². The summed E-state index contributed by atoms with van der Waals surface area (Å²) in [6.07, 6.45) is 1.88. The molecule has 0 spiro atoms. The molecular weight excluding hydrogens is 246 g/mol. The third kappa shape index (κ3) is 3.64. The lowest BCUT2D eigenvalue weighted by molar-refractivity contribution is 0.551. The molecule has 0 amide bonds. The van der Waals surface area contributed by atoms with Crippen LogP contribution < -0.4 is 5.32 Å². The minimum Gasteiger partial charge on any atom is -0.346 e. The summed E-state index contributed by atoms with van der Waals surface area (Å²) in [6, 6.07) is 7.82. The quantitative estimate of drug-likeness (QED) is 0.876. The molecule has 0 saturated carbocycles. The lowest BCUT2D eigenvalue weighted by Gasteiger charge is -2.12. The van der Waals surface area contributed by atoms with Crippen molar-refractivity contribution in [3.63, 3.8) is 0 Å². The highest BCUT2D eigenvalue weighted by Gasteiger charge is 2.07. The first-order valence-corrected chi connectivity index (χ1v) is 6.37. The highest BCUT2D eigenvalue weighted by atomic mass is 19.1. The van der Waals surface area contributed by atoms with E-state index in [2.05, 4.69) is 19.2 Å². The molecule has 0 aliphatic heterocycles. The fourth-order valence-electron chi connectivity index (χ4n) is 1.92. The molecule has 2 aromatic rings. The summed E-state index contributed by atoms with van der Waals surface area (Å²) in [4.78, 5) is 0. The van der Waals surface area contributed by atoms with Crippen molar-refractivity contribution >= 4 is 0 Å². The molecule has 0 unspecified atom stereocenters. The molecule has 4 heteroatoms. The average molecular weight is 264 g/mol. The Bertz CT molecular complexity index is 547. The maximum atomic E-state index is 13.6. The summed E-state index contributed by atoms with van der Waals surface area (Å²) in [5, 5.41) is 3.31. The predicted octanol–water partition coefficient (Wildman–Crippen LogP) is 3.31. The number of benzene rings is 1. The monoisotopic (exact) mass is 264 g/mol. The molecule has 0 saturated heterocycles. The van der Waals surface area contributed by atoms with E-state index in [0.717, 1.165) is 11.8 Å². The Morgan fingerprint density at radius 3 is 2.74 bits per heavy atom. The largest absolute Gasteiger partial charge is 0.346 e. The van der Waals surface area contributed by atoms with Crippen LogP contribution in [-0.2, 0) is 13.1 Å². The van der Waals surface area contributed by atoms with E-state index in [1.807, 2.05) is 22.9 Å². The van der Waals surface area contributed by atoms with Gasteiger partial charge in [0.25, 0.3) is 0 Å². The van der Waals surface area contributed by atoms with Crippen LogP contribution in [0.3, 0.4) is 0 Å². The van der Waals surface area contributed by atoms with Gasteiger partial charge in [-0.1, -0.05) is 13.8 Å². The summed E-state index contributed by atoms with van der Waals surface area (Å²) in [7, 11) is 0. The summed E-state index contributed by atoms with van der Waals surface area (Å²) in [6.45, 7) is 5.19. The summed E-state index contributed by atoms with van der Waals surface area (Å²) in [5.74, 6) is -0.789. The van der Waals surface area contributed by atoms with Crippen LogP contribution in [0.5, 0.6) is 0 Å². The van der Waals surface area contributed by atoms with Gasteiger partial charge in [0.05, 0.1) is 6.54 Å². The summed E-state index contributed by atoms with van der Waals surface area (Å²) in [5.41, 5.74) is 1.42.